The molecule has 1 saturated carbocycles. The highest BCUT2D eigenvalue weighted by atomic mass is 16.4. The minimum Gasteiger partial charge on any atom is -0.481 e. The Bertz CT molecular complexity index is 669. The Morgan fingerprint density at radius 1 is 1.33 bits per heavy atom. The van der Waals surface area contributed by atoms with Gasteiger partial charge in [-0.25, -0.2) is 0 Å². The molecule has 3 aliphatic rings. The van der Waals surface area contributed by atoms with Gasteiger partial charge in [-0.3, -0.25) is 14.4 Å². The van der Waals surface area contributed by atoms with Crippen LogP contribution in [0, 0.1) is 22.7 Å². The lowest BCUT2D eigenvalue weighted by Gasteiger charge is -2.48. The van der Waals surface area contributed by atoms with Crippen LogP contribution in [-0.2, 0) is 14.4 Å². The molecule has 1 N–H and O–H groups in total. The molecule has 24 heavy (non-hydrogen) atoms. The molecule has 0 spiro atoms. The minimum absolute atomic E-state index is 0.0878. The van der Waals surface area contributed by atoms with E-state index >= 15 is 0 Å². The summed E-state index contributed by atoms with van der Waals surface area (Å²) in [4.78, 5) is 36.3. The Hall–Kier alpha value is -1.71. The van der Waals surface area contributed by atoms with Crippen LogP contribution in [0.4, 0.5) is 0 Å². The number of rotatable bonds is 3. The predicted octanol–water partition coefficient (Wildman–Crippen LogP) is 3.71. The van der Waals surface area contributed by atoms with Gasteiger partial charge in [0.05, 0.1) is 5.41 Å². The number of fused-ring (bicyclic) bond motifs is 3. The number of ketones is 1. The standard InChI is InChI=1S/C20H26O4/c1-12(2)14-6-7-20(18(23)24)9-8-19(3)15(17(14)20)5-4-13(11-21)10-16(19)22/h4,11-12,15H,5-10H2,1-3H3,(H,23,24)/t15-,19-,20+/m1/s1. The maximum atomic E-state index is 12.9. The Morgan fingerprint density at radius 2 is 2.04 bits per heavy atom. The normalized spacial score (nSPS) is 36.1. The molecule has 0 aromatic carbocycles. The van der Waals surface area contributed by atoms with Gasteiger partial charge in [0.15, 0.2) is 0 Å². The van der Waals surface area contributed by atoms with E-state index in [0.29, 0.717) is 31.3 Å². The third-order valence-corrected chi connectivity index (χ3v) is 6.75. The summed E-state index contributed by atoms with van der Waals surface area (Å²) in [5.41, 5.74) is 1.42. The number of hydrogen-bond donors (Lipinski definition) is 1. The third kappa shape index (κ3) is 2.22. The Labute approximate surface area is 143 Å². The van der Waals surface area contributed by atoms with Crippen LogP contribution in [0.15, 0.2) is 22.8 Å². The van der Waals surface area contributed by atoms with Crippen molar-refractivity contribution in [1.82, 2.24) is 0 Å². The largest absolute Gasteiger partial charge is 0.481 e. The summed E-state index contributed by atoms with van der Waals surface area (Å²) >= 11 is 0. The molecule has 0 radical (unpaired) electrons. The highest BCUT2D eigenvalue weighted by Gasteiger charge is 2.59. The van der Waals surface area contributed by atoms with Crippen molar-refractivity contribution in [3.05, 3.63) is 22.8 Å². The molecular weight excluding hydrogens is 304 g/mol. The molecule has 3 rings (SSSR count). The van der Waals surface area contributed by atoms with Gasteiger partial charge >= 0.3 is 5.97 Å². The summed E-state index contributed by atoms with van der Waals surface area (Å²) < 4.78 is 0. The molecule has 0 unspecified atom stereocenters. The number of allylic oxidation sites excluding steroid dienone is 3. The van der Waals surface area contributed by atoms with Gasteiger partial charge in [0.1, 0.15) is 12.1 Å². The first-order valence-electron chi connectivity index (χ1n) is 8.90. The van der Waals surface area contributed by atoms with E-state index in [9.17, 15) is 19.5 Å². The van der Waals surface area contributed by atoms with E-state index in [-0.39, 0.29) is 24.0 Å². The van der Waals surface area contributed by atoms with Crippen LogP contribution in [0.2, 0.25) is 0 Å². The molecule has 0 heterocycles. The van der Waals surface area contributed by atoms with E-state index in [1.807, 2.05) is 13.0 Å². The fraction of sp³-hybridized carbons (Fsp3) is 0.650. The Morgan fingerprint density at radius 3 is 2.62 bits per heavy atom. The second-order valence-electron chi connectivity index (χ2n) is 8.18. The maximum Gasteiger partial charge on any atom is 0.313 e. The lowest BCUT2D eigenvalue weighted by Crippen LogP contribution is -2.48. The van der Waals surface area contributed by atoms with Gasteiger partial charge in [-0.15, -0.1) is 0 Å². The second kappa shape index (κ2) is 5.68. The molecule has 3 aliphatic carbocycles. The first kappa shape index (κ1) is 17.1. The molecule has 130 valence electrons. The molecular formula is C20H26O4. The highest BCUT2D eigenvalue weighted by molar-refractivity contribution is 5.94. The number of carbonyl (C=O) groups is 3. The molecule has 4 heteroatoms. The van der Waals surface area contributed by atoms with Crippen molar-refractivity contribution in [2.75, 3.05) is 0 Å². The van der Waals surface area contributed by atoms with Gasteiger partial charge in [0, 0.05) is 11.8 Å². The lowest BCUT2D eigenvalue weighted by atomic mass is 9.54. The zero-order valence-electron chi connectivity index (χ0n) is 14.7. The molecule has 0 aromatic rings. The third-order valence-electron chi connectivity index (χ3n) is 6.75. The number of aldehydes is 1. The molecule has 1 fully saturated rings. The summed E-state index contributed by atoms with van der Waals surface area (Å²) in [5, 5.41) is 10.0. The molecule has 3 atom stereocenters. The first-order chi connectivity index (χ1) is 11.3. The van der Waals surface area contributed by atoms with Crippen molar-refractivity contribution in [2.24, 2.45) is 22.7 Å². The highest BCUT2D eigenvalue weighted by Crippen LogP contribution is 2.62. The van der Waals surface area contributed by atoms with Gasteiger partial charge in [-0.05, 0) is 55.1 Å². The monoisotopic (exact) mass is 330 g/mol. The van der Waals surface area contributed by atoms with Crippen LogP contribution in [0.5, 0.6) is 0 Å². The summed E-state index contributed by atoms with van der Waals surface area (Å²) in [7, 11) is 0. The number of Topliss-reactive ketones (excluding diaryl/α,β-unsaturated/α-hetero) is 1. The summed E-state index contributed by atoms with van der Waals surface area (Å²) in [6, 6.07) is 0. The number of carboxylic acids is 1. The molecule has 0 aromatic heterocycles. The average Bonchev–Trinajstić information content (AvgIpc) is 2.88. The van der Waals surface area contributed by atoms with Crippen LogP contribution >= 0.6 is 0 Å². The van der Waals surface area contributed by atoms with Gasteiger partial charge in [-0.1, -0.05) is 32.4 Å². The maximum absolute atomic E-state index is 12.9. The van der Waals surface area contributed by atoms with Crippen molar-refractivity contribution in [3.63, 3.8) is 0 Å². The summed E-state index contributed by atoms with van der Waals surface area (Å²) in [6.45, 7) is 6.20. The molecule has 0 saturated heterocycles. The van der Waals surface area contributed by atoms with Crippen molar-refractivity contribution in [3.8, 4) is 0 Å². The van der Waals surface area contributed by atoms with Crippen molar-refractivity contribution in [2.45, 2.75) is 59.3 Å². The van der Waals surface area contributed by atoms with E-state index in [2.05, 4.69) is 13.8 Å². The van der Waals surface area contributed by atoms with Crippen LogP contribution in [0.3, 0.4) is 0 Å². The van der Waals surface area contributed by atoms with E-state index < -0.39 is 16.8 Å². The van der Waals surface area contributed by atoms with Crippen molar-refractivity contribution in [1.29, 1.82) is 0 Å². The number of carboxylic acid groups (broad SMARTS) is 1. The minimum atomic E-state index is -0.802. The van der Waals surface area contributed by atoms with E-state index in [1.54, 1.807) is 0 Å². The van der Waals surface area contributed by atoms with Gasteiger partial charge in [0.25, 0.3) is 0 Å². The van der Waals surface area contributed by atoms with Crippen LogP contribution in [-0.4, -0.2) is 23.1 Å². The van der Waals surface area contributed by atoms with Crippen LogP contribution in [0.25, 0.3) is 0 Å². The Balaban J connectivity index is 2.19. The zero-order valence-corrected chi connectivity index (χ0v) is 14.7. The Kier molecular flexibility index (Phi) is 4.05. The van der Waals surface area contributed by atoms with Crippen LogP contribution < -0.4 is 0 Å². The molecule has 0 aliphatic heterocycles. The fourth-order valence-corrected chi connectivity index (χ4v) is 5.17. The zero-order chi connectivity index (χ0) is 17.7. The van der Waals surface area contributed by atoms with Crippen LogP contribution in [0.1, 0.15) is 59.3 Å². The SMILES string of the molecule is CC(C)C1=C2[C@H]3CC=C(C=O)CC(=O)[C@]3(C)CC[C@@]2(C(=O)O)CC1. The van der Waals surface area contributed by atoms with Gasteiger partial charge < -0.3 is 5.11 Å². The topological polar surface area (TPSA) is 71.4 Å². The molecule has 0 amide bonds. The average molecular weight is 330 g/mol. The van der Waals surface area contributed by atoms with E-state index in [4.69, 9.17) is 0 Å². The van der Waals surface area contributed by atoms with E-state index in [0.717, 1.165) is 18.3 Å². The molecule has 0 bridgehead atoms. The number of hydrogen-bond acceptors (Lipinski definition) is 3. The van der Waals surface area contributed by atoms with Gasteiger partial charge in [0.2, 0.25) is 0 Å². The fourth-order valence-electron chi connectivity index (χ4n) is 5.17. The quantitative estimate of drug-likeness (QED) is 0.632. The van der Waals surface area contributed by atoms with Crippen molar-refractivity contribution < 1.29 is 19.5 Å². The number of carbonyl (C=O) groups excluding carboxylic acids is 2. The van der Waals surface area contributed by atoms with Crippen molar-refractivity contribution >= 4 is 18.0 Å². The summed E-state index contributed by atoms with van der Waals surface area (Å²) in [5.74, 6) is -0.458. The smallest absolute Gasteiger partial charge is 0.313 e. The second-order valence-corrected chi connectivity index (χ2v) is 8.18. The van der Waals surface area contributed by atoms with E-state index in [1.165, 1.54) is 5.57 Å². The predicted molar refractivity (Wildman–Crippen MR) is 90.4 cm³/mol. The molecule has 4 nitrogen and oxygen atoms in total. The first-order valence-corrected chi connectivity index (χ1v) is 8.90. The summed E-state index contributed by atoms with van der Waals surface area (Å²) in [6.07, 6.45) is 6.00. The number of aliphatic carboxylic acids is 1. The lowest BCUT2D eigenvalue weighted by molar-refractivity contribution is -0.151. The van der Waals surface area contributed by atoms with Gasteiger partial charge in [-0.2, -0.15) is 0 Å².